The number of pyridine rings is 1. The monoisotopic (exact) mass is 686 g/mol. The minimum absolute atomic E-state index is 0.113. The van der Waals surface area contributed by atoms with Gasteiger partial charge in [0, 0.05) is 18.3 Å². The van der Waals surface area contributed by atoms with E-state index in [1.165, 1.54) is 24.5 Å². The van der Waals surface area contributed by atoms with Crippen molar-refractivity contribution < 1.29 is 45.7 Å². The van der Waals surface area contributed by atoms with E-state index < -0.39 is 41.1 Å². The van der Waals surface area contributed by atoms with Gasteiger partial charge in [0.25, 0.3) is 0 Å². The van der Waals surface area contributed by atoms with E-state index in [0.29, 0.717) is 29.2 Å². The second kappa shape index (κ2) is 15.5. The molecule has 3 aromatic rings. The molecule has 242 valence electrons. The van der Waals surface area contributed by atoms with Crippen LogP contribution in [0.1, 0.15) is 35.4 Å². The van der Waals surface area contributed by atoms with Crippen LogP contribution in [0.2, 0.25) is 10.0 Å². The Hall–Kier alpha value is -3.68. The van der Waals surface area contributed by atoms with Gasteiger partial charge in [-0.25, -0.2) is 13.2 Å². The van der Waals surface area contributed by atoms with Crippen LogP contribution in [0.5, 0.6) is 11.5 Å². The van der Waals surface area contributed by atoms with Crippen molar-refractivity contribution in [2.45, 2.75) is 38.2 Å². The molecule has 0 unspecified atom stereocenters. The molecular weight excluding hydrogens is 657 g/mol. The molecule has 0 aliphatic heterocycles. The molecule has 1 atom stereocenters. The highest BCUT2D eigenvalue weighted by atomic mass is 35.5. The Morgan fingerprint density at radius 3 is 2.40 bits per heavy atom. The zero-order valence-electron chi connectivity index (χ0n) is 24.0. The van der Waals surface area contributed by atoms with Crippen LogP contribution in [0, 0.1) is 5.92 Å². The molecule has 15 heteroatoms. The lowest BCUT2D eigenvalue weighted by Gasteiger charge is -2.21. The molecule has 1 N–H and O–H groups in total. The fourth-order valence-corrected chi connectivity index (χ4v) is 5.40. The SMILES string of the molecule is CS(=O)(=O)Nc1ccccc1CC(=O)OCC(=O)OC[C@@H](Cc1c(Cl)cncc1Cl)c1ccc(OC(F)F)c(OCC2CC2)c1. The standard InChI is InChI=1S/C30H30Cl2F2N2O8S/c1-45(39,40)36-25-5-3-2-4-20(25)12-28(37)43-17-29(38)42-16-21(10-22-23(31)13-35-14-24(22)32)19-8-9-26(44-30(33)34)27(11-19)41-15-18-6-7-18/h2-5,8-9,11,13-14,18,21,30,36H,6-7,10,12,15-17H2,1H3/t21-/m1/s1. The highest BCUT2D eigenvalue weighted by Gasteiger charge is 2.25. The first-order valence-electron chi connectivity index (χ1n) is 13.7. The van der Waals surface area contributed by atoms with Crippen molar-refractivity contribution in [3.8, 4) is 11.5 Å². The summed E-state index contributed by atoms with van der Waals surface area (Å²) >= 11 is 12.7. The largest absolute Gasteiger partial charge is 0.489 e. The average molecular weight is 688 g/mol. The van der Waals surface area contributed by atoms with E-state index in [4.69, 9.17) is 37.4 Å². The Morgan fingerprint density at radius 1 is 1.02 bits per heavy atom. The summed E-state index contributed by atoms with van der Waals surface area (Å²) < 4.78 is 72.6. The van der Waals surface area contributed by atoms with Crippen LogP contribution >= 0.6 is 23.2 Å². The van der Waals surface area contributed by atoms with Crippen molar-refractivity contribution in [2.24, 2.45) is 5.92 Å². The van der Waals surface area contributed by atoms with E-state index in [1.807, 2.05) is 0 Å². The number of benzene rings is 2. The van der Waals surface area contributed by atoms with E-state index in [1.54, 1.807) is 30.3 Å². The van der Waals surface area contributed by atoms with Gasteiger partial charge in [-0.15, -0.1) is 0 Å². The molecular formula is C30H30Cl2F2N2O8S. The van der Waals surface area contributed by atoms with Gasteiger partial charge in [0.1, 0.15) is 0 Å². The van der Waals surface area contributed by atoms with E-state index in [-0.39, 0.29) is 46.7 Å². The number of aromatic nitrogens is 1. The maximum Gasteiger partial charge on any atom is 0.387 e. The quantitative estimate of drug-likeness (QED) is 0.186. The first kappa shape index (κ1) is 34.2. The lowest BCUT2D eigenvalue weighted by atomic mass is 9.92. The molecule has 0 amide bonds. The number of carbonyl (C=O) groups is 2. The highest BCUT2D eigenvalue weighted by Crippen LogP contribution is 2.37. The van der Waals surface area contributed by atoms with E-state index in [9.17, 15) is 26.8 Å². The van der Waals surface area contributed by atoms with Gasteiger partial charge in [0.05, 0.1) is 41.6 Å². The van der Waals surface area contributed by atoms with Crippen LogP contribution in [0.4, 0.5) is 14.5 Å². The van der Waals surface area contributed by atoms with E-state index in [2.05, 4.69) is 14.4 Å². The lowest BCUT2D eigenvalue weighted by Crippen LogP contribution is -2.21. The number of hydrogen-bond acceptors (Lipinski definition) is 9. The summed E-state index contributed by atoms with van der Waals surface area (Å²) in [7, 11) is -3.59. The molecule has 0 spiro atoms. The number of anilines is 1. The number of hydrogen-bond donors (Lipinski definition) is 1. The number of carbonyl (C=O) groups excluding carboxylic acids is 2. The smallest absolute Gasteiger partial charge is 0.387 e. The number of esters is 2. The summed E-state index contributed by atoms with van der Waals surface area (Å²) in [5.74, 6) is -1.90. The number of alkyl halides is 2. The fourth-order valence-electron chi connectivity index (χ4n) is 4.28. The Kier molecular flexibility index (Phi) is 11.8. The van der Waals surface area contributed by atoms with E-state index in [0.717, 1.165) is 19.1 Å². The normalized spacial score (nSPS) is 13.6. The van der Waals surface area contributed by atoms with Crippen molar-refractivity contribution in [2.75, 3.05) is 30.8 Å². The summed E-state index contributed by atoms with van der Waals surface area (Å²) in [6.45, 7) is -3.65. The Balaban J connectivity index is 1.45. The van der Waals surface area contributed by atoms with Crippen LogP contribution in [0.15, 0.2) is 54.9 Å². The zero-order chi connectivity index (χ0) is 32.6. The number of sulfonamides is 1. The fraction of sp³-hybridized carbons (Fsp3) is 0.367. The third kappa shape index (κ3) is 11.0. The van der Waals surface area contributed by atoms with Gasteiger partial charge in [0.15, 0.2) is 18.1 Å². The predicted octanol–water partition coefficient (Wildman–Crippen LogP) is 5.81. The molecule has 1 aromatic heterocycles. The van der Waals surface area contributed by atoms with Crippen molar-refractivity contribution in [1.82, 2.24) is 4.98 Å². The van der Waals surface area contributed by atoms with Crippen LogP contribution < -0.4 is 14.2 Å². The Morgan fingerprint density at radius 2 is 1.73 bits per heavy atom. The zero-order valence-corrected chi connectivity index (χ0v) is 26.3. The van der Waals surface area contributed by atoms with Gasteiger partial charge in [-0.05, 0) is 60.1 Å². The third-order valence-electron chi connectivity index (χ3n) is 6.67. The van der Waals surface area contributed by atoms with Gasteiger partial charge in [-0.2, -0.15) is 8.78 Å². The first-order valence-corrected chi connectivity index (χ1v) is 16.4. The average Bonchev–Trinajstić information content (AvgIpc) is 3.80. The number of rotatable bonds is 16. The molecule has 10 nitrogen and oxygen atoms in total. The van der Waals surface area contributed by atoms with Gasteiger partial charge in [-0.3, -0.25) is 14.5 Å². The van der Waals surface area contributed by atoms with Crippen LogP contribution in [-0.2, 0) is 41.9 Å². The van der Waals surface area contributed by atoms with Crippen molar-refractivity contribution in [3.05, 3.63) is 81.6 Å². The molecule has 1 fully saturated rings. The minimum Gasteiger partial charge on any atom is -0.489 e. The van der Waals surface area contributed by atoms with Gasteiger partial charge in [-0.1, -0.05) is 47.5 Å². The van der Waals surface area contributed by atoms with Gasteiger partial charge < -0.3 is 18.9 Å². The highest BCUT2D eigenvalue weighted by molar-refractivity contribution is 7.92. The minimum atomic E-state index is -3.59. The molecule has 1 aliphatic carbocycles. The molecule has 0 saturated heterocycles. The van der Waals surface area contributed by atoms with Gasteiger partial charge in [0.2, 0.25) is 10.0 Å². The lowest BCUT2D eigenvalue weighted by molar-refractivity contribution is -0.158. The molecule has 4 rings (SSSR count). The number of halogens is 4. The summed E-state index contributed by atoms with van der Waals surface area (Å²) in [4.78, 5) is 29.0. The molecule has 1 saturated carbocycles. The Bertz CT molecular complexity index is 1600. The summed E-state index contributed by atoms with van der Waals surface area (Å²) in [6.07, 6.45) is 5.65. The number of ether oxygens (including phenoxy) is 4. The first-order chi connectivity index (χ1) is 21.4. The maximum atomic E-state index is 13.1. The molecule has 2 aromatic carbocycles. The summed E-state index contributed by atoms with van der Waals surface area (Å²) in [5.41, 5.74) is 1.65. The topological polar surface area (TPSA) is 130 Å². The second-order valence-electron chi connectivity index (χ2n) is 10.4. The van der Waals surface area contributed by atoms with Crippen LogP contribution in [0.3, 0.4) is 0 Å². The van der Waals surface area contributed by atoms with Crippen LogP contribution in [-0.4, -0.2) is 58.0 Å². The van der Waals surface area contributed by atoms with Crippen LogP contribution in [0.25, 0.3) is 0 Å². The van der Waals surface area contributed by atoms with E-state index >= 15 is 0 Å². The third-order valence-corrected chi connectivity index (χ3v) is 7.92. The predicted molar refractivity (Wildman–Crippen MR) is 163 cm³/mol. The molecule has 1 aliphatic rings. The van der Waals surface area contributed by atoms with Crippen molar-refractivity contribution in [1.29, 1.82) is 0 Å². The summed E-state index contributed by atoms with van der Waals surface area (Å²) in [5, 5.41) is 0.558. The van der Waals surface area contributed by atoms with Crippen molar-refractivity contribution >= 4 is 50.9 Å². The molecule has 0 bridgehead atoms. The maximum absolute atomic E-state index is 13.1. The number of para-hydroxylation sites is 1. The Labute approximate surface area is 269 Å². The van der Waals surface area contributed by atoms with Gasteiger partial charge >= 0.3 is 18.6 Å². The number of nitrogens with one attached hydrogen (secondary N) is 1. The summed E-state index contributed by atoms with van der Waals surface area (Å²) in [6, 6.07) is 10.7. The molecule has 0 radical (unpaired) electrons. The molecule has 45 heavy (non-hydrogen) atoms. The van der Waals surface area contributed by atoms with Crippen molar-refractivity contribution in [3.63, 3.8) is 0 Å². The second-order valence-corrected chi connectivity index (χ2v) is 12.9. The number of nitrogens with zero attached hydrogens (tertiary/aromatic N) is 1. The molecule has 1 heterocycles.